The maximum Gasteiger partial charge on any atom is 0.326 e. The molecule has 1 aliphatic rings. The van der Waals surface area contributed by atoms with Crippen LogP contribution in [0.3, 0.4) is 0 Å². The molecular weight excluding hydrogens is 330 g/mol. The fourth-order valence-electron chi connectivity index (χ4n) is 3.87. The van der Waals surface area contributed by atoms with Gasteiger partial charge in [-0.2, -0.15) is 0 Å². The zero-order chi connectivity index (χ0) is 17.9. The summed E-state index contributed by atoms with van der Waals surface area (Å²) < 4.78 is 9.26. The van der Waals surface area contributed by atoms with Crippen molar-refractivity contribution in [3.8, 4) is 0 Å². The molecular formula is C19H25N5O2. The summed E-state index contributed by atoms with van der Waals surface area (Å²) in [6, 6.07) is 8.19. The van der Waals surface area contributed by atoms with Gasteiger partial charge in [-0.05, 0) is 25.0 Å². The Hall–Kier alpha value is -2.38. The smallest absolute Gasteiger partial charge is 0.326 e. The minimum Gasteiger partial charge on any atom is -0.383 e. The highest BCUT2D eigenvalue weighted by atomic mass is 16.5. The number of piperidine rings is 1. The van der Waals surface area contributed by atoms with Gasteiger partial charge < -0.3 is 14.3 Å². The van der Waals surface area contributed by atoms with E-state index in [1.807, 2.05) is 41.4 Å². The molecule has 1 saturated heterocycles. The zero-order valence-corrected chi connectivity index (χ0v) is 15.1. The first-order valence-electron chi connectivity index (χ1n) is 9.16. The number of aromatic nitrogens is 4. The molecule has 0 spiro atoms. The molecule has 138 valence electrons. The molecule has 1 aromatic carbocycles. The minimum absolute atomic E-state index is 0.00212. The molecule has 0 amide bonds. The third kappa shape index (κ3) is 3.32. The quantitative estimate of drug-likeness (QED) is 0.734. The lowest BCUT2D eigenvalue weighted by atomic mass is 10.0. The Balaban J connectivity index is 1.42. The Morgan fingerprint density at radius 2 is 2.08 bits per heavy atom. The van der Waals surface area contributed by atoms with Gasteiger partial charge in [0.2, 0.25) is 0 Å². The number of para-hydroxylation sites is 2. The molecule has 0 atom stereocenters. The number of H-pyrrole nitrogens is 1. The topological polar surface area (TPSA) is 68.1 Å². The summed E-state index contributed by atoms with van der Waals surface area (Å²) in [6.07, 6.45) is 5.76. The molecule has 2 aromatic heterocycles. The van der Waals surface area contributed by atoms with Gasteiger partial charge in [-0.15, -0.1) is 0 Å². The second kappa shape index (κ2) is 7.47. The van der Waals surface area contributed by atoms with Gasteiger partial charge in [0.25, 0.3) is 0 Å². The first-order valence-corrected chi connectivity index (χ1v) is 9.16. The summed E-state index contributed by atoms with van der Waals surface area (Å²) in [5, 5.41) is 0. The van der Waals surface area contributed by atoms with Crippen molar-refractivity contribution in [1.29, 1.82) is 0 Å². The Labute approximate surface area is 152 Å². The fourth-order valence-corrected chi connectivity index (χ4v) is 3.87. The van der Waals surface area contributed by atoms with Gasteiger partial charge in [0.15, 0.2) is 0 Å². The summed E-state index contributed by atoms with van der Waals surface area (Å²) in [7, 11) is 1.72. The molecule has 0 bridgehead atoms. The second-order valence-corrected chi connectivity index (χ2v) is 6.90. The molecule has 7 nitrogen and oxygen atoms in total. The van der Waals surface area contributed by atoms with Crippen molar-refractivity contribution >= 4 is 11.0 Å². The van der Waals surface area contributed by atoms with E-state index in [-0.39, 0.29) is 11.7 Å². The SMILES string of the molecule is COCCn1cncc1CN1CCC(n2c(=O)[nH]c3ccccc32)CC1. The number of likely N-dealkylation sites (tertiary alicyclic amines) is 1. The van der Waals surface area contributed by atoms with Crippen molar-refractivity contribution in [2.24, 2.45) is 0 Å². The minimum atomic E-state index is 0.00212. The highest BCUT2D eigenvalue weighted by Gasteiger charge is 2.24. The van der Waals surface area contributed by atoms with Crippen LogP contribution in [0, 0.1) is 0 Å². The van der Waals surface area contributed by atoms with E-state index in [9.17, 15) is 4.79 Å². The van der Waals surface area contributed by atoms with E-state index < -0.39 is 0 Å². The Morgan fingerprint density at radius 3 is 2.88 bits per heavy atom. The summed E-state index contributed by atoms with van der Waals surface area (Å²) >= 11 is 0. The number of ether oxygens (including phenoxy) is 1. The van der Waals surface area contributed by atoms with Crippen molar-refractivity contribution < 1.29 is 4.74 Å². The lowest BCUT2D eigenvalue weighted by Crippen LogP contribution is -2.37. The van der Waals surface area contributed by atoms with E-state index in [1.165, 1.54) is 5.69 Å². The van der Waals surface area contributed by atoms with Gasteiger partial charge in [0.05, 0.1) is 29.7 Å². The summed E-state index contributed by atoms with van der Waals surface area (Å²) in [6.45, 7) is 4.36. The third-order valence-electron chi connectivity index (χ3n) is 5.27. The van der Waals surface area contributed by atoms with Crippen LogP contribution in [-0.2, 0) is 17.8 Å². The predicted octanol–water partition coefficient (Wildman–Crippen LogP) is 2.01. The second-order valence-electron chi connectivity index (χ2n) is 6.90. The lowest BCUT2D eigenvalue weighted by Gasteiger charge is -2.32. The number of hydrogen-bond donors (Lipinski definition) is 1. The van der Waals surface area contributed by atoms with Crippen molar-refractivity contribution in [2.45, 2.75) is 32.0 Å². The summed E-state index contributed by atoms with van der Waals surface area (Å²) in [5.74, 6) is 0. The van der Waals surface area contributed by atoms with Crippen LogP contribution in [-0.4, -0.2) is 50.8 Å². The molecule has 4 rings (SSSR count). The molecule has 3 heterocycles. The van der Waals surface area contributed by atoms with Gasteiger partial charge in [-0.1, -0.05) is 12.1 Å². The Morgan fingerprint density at radius 1 is 1.27 bits per heavy atom. The third-order valence-corrected chi connectivity index (χ3v) is 5.27. The lowest BCUT2D eigenvalue weighted by molar-refractivity contribution is 0.169. The van der Waals surface area contributed by atoms with E-state index in [1.54, 1.807) is 7.11 Å². The van der Waals surface area contributed by atoms with Crippen molar-refractivity contribution in [3.63, 3.8) is 0 Å². The maximum atomic E-state index is 12.4. The van der Waals surface area contributed by atoms with Gasteiger partial charge >= 0.3 is 5.69 Å². The van der Waals surface area contributed by atoms with Crippen LogP contribution in [0.4, 0.5) is 0 Å². The van der Waals surface area contributed by atoms with Crippen LogP contribution in [0.25, 0.3) is 11.0 Å². The molecule has 0 radical (unpaired) electrons. The Kier molecular flexibility index (Phi) is 4.90. The van der Waals surface area contributed by atoms with Crippen LogP contribution in [0.1, 0.15) is 24.6 Å². The van der Waals surface area contributed by atoms with E-state index >= 15 is 0 Å². The van der Waals surface area contributed by atoms with Crippen LogP contribution in [0.2, 0.25) is 0 Å². The molecule has 1 aliphatic heterocycles. The first kappa shape index (κ1) is 17.1. The number of aromatic amines is 1. The first-order chi connectivity index (χ1) is 12.8. The fraction of sp³-hybridized carbons (Fsp3) is 0.474. The van der Waals surface area contributed by atoms with Crippen LogP contribution >= 0.6 is 0 Å². The standard InChI is InChI=1S/C19H25N5O2/c1-26-11-10-23-14-20-12-16(23)13-22-8-6-15(7-9-22)24-18-5-3-2-4-17(18)21-19(24)25/h2-5,12,14-15H,6-11,13H2,1H3,(H,21,25). The summed E-state index contributed by atoms with van der Waals surface area (Å²) in [5.41, 5.74) is 3.14. The van der Waals surface area contributed by atoms with Gasteiger partial charge in [0, 0.05) is 45.5 Å². The number of nitrogens with zero attached hydrogens (tertiary/aromatic N) is 4. The monoisotopic (exact) mass is 355 g/mol. The van der Waals surface area contributed by atoms with E-state index in [2.05, 4.69) is 19.4 Å². The van der Waals surface area contributed by atoms with Crippen molar-refractivity contribution in [3.05, 3.63) is 53.0 Å². The van der Waals surface area contributed by atoms with Crippen molar-refractivity contribution in [1.82, 2.24) is 24.0 Å². The van der Waals surface area contributed by atoms with E-state index in [4.69, 9.17) is 4.74 Å². The number of fused-ring (bicyclic) bond motifs is 1. The number of benzene rings is 1. The van der Waals surface area contributed by atoms with E-state index in [0.29, 0.717) is 6.61 Å². The van der Waals surface area contributed by atoms with Crippen LogP contribution in [0.15, 0.2) is 41.6 Å². The van der Waals surface area contributed by atoms with Crippen LogP contribution < -0.4 is 5.69 Å². The molecule has 7 heteroatoms. The number of hydrogen-bond acceptors (Lipinski definition) is 4. The highest BCUT2D eigenvalue weighted by Crippen LogP contribution is 2.25. The molecule has 26 heavy (non-hydrogen) atoms. The van der Waals surface area contributed by atoms with E-state index in [0.717, 1.165) is 50.1 Å². The normalized spacial score (nSPS) is 16.5. The largest absolute Gasteiger partial charge is 0.383 e. The molecule has 0 saturated carbocycles. The number of nitrogens with one attached hydrogen (secondary N) is 1. The average Bonchev–Trinajstić information content (AvgIpc) is 3.23. The van der Waals surface area contributed by atoms with Gasteiger partial charge in [0.1, 0.15) is 0 Å². The zero-order valence-electron chi connectivity index (χ0n) is 15.1. The van der Waals surface area contributed by atoms with Crippen LogP contribution in [0.5, 0.6) is 0 Å². The number of imidazole rings is 2. The van der Waals surface area contributed by atoms with Gasteiger partial charge in [-0.3, -0.25) is 9.47 Å². The maximum absolute atomic E-state index is 12.4. The molecule has 1 fully saturated rings. The molecule has 1 N–H and O–H groups in total. The average molecular weight is 355 g/mol. The van der Waals surface area contributed by atoms with Crippen molar-refractivity contribution in [2.75, 3.05) is 26.8 Å². The molecule has 0 unspecified atom stereocenters. The number of methoxy groups -OCH3 is 1. The summed E-state index contributed by atoms with van der Waals surface area (Å²) in [4.78, 5) is 22.1. The highest BCUT2D eigenvalue weighted by molar-refractivity contribution is 5.75. The Bertz CT molecular complexity index is 917. The molecule has 0 aliphatic carbocycles. The van der Waals surface area contributed by atoms with Gasteiger partial charge in [-0.25, -0.2) is 9.78 Å². The molecule has 3 aromatic rings. The predicted molar refractivity (Wildman–Crippen MR) is 100 cm³/mol. The number of rotatable bonds is 6.